The lowest BCUT2D eigenvalue weighted by molar-refractivity contribution is -0.153. The molecule has 224 valence electrons. The first kappa shape index (κ1) is 36.7. The zero-order chi connectivity index (χ0) is 27.9. The number of ether oxygens (including phenoxy) is 1. The highest BCUT2D eigenvalue weighted by molar-refractivity contribution is 5.71. The number of rotatable bonds is 30. The molecule has 0 bridgehead atoms. The lowest BCUT2D eigenvalue weighted by atomic mass is 10.0. The number of carbonyl (C=O) groups excluding carboxylic acids is 1. The molecular weight excluding hydrogens is 472 g/mol. The van der Waals surface area contributed by atoms with Crippen LogP contribution in [0.5, 0.6) is 0 Å². The van der Waals surface area contributed by atoms with Crippen LogP contribution in [0.25, 0.3) is 0 Å². The van der Waals surface area contributed by atoms with Gasteiger partial charge in [0.25, 0.3) is 0 Å². The smallest absolute Gasteiger partial charge is 0.307 e. The van der Waals surface area contributed by atoms with E-state index in [2.05, 4.69) is 26.0 Å². The van der Waals surface area contributed by atoms with E-state index in [4.69, 9.17) is 4.74 Å². The summed E-state index contributed by atoms with van der Waals surface area (Å²) in [5.41, 5.74) is 0. The highest BCUT2D eigenvalue weighted by Crippen LogP contribution is 2.16. The molecule has 1 unspecified atom stereocenters. The third-order valence-electron chi connectivity index (χ3n) is 7.47. The number of hydrogen-bond acceptors (Lipinski definition) is 3. The molecule has 4 nitrogen and oxygen atoms in total. The average molecular weight is 537 g/mol. The summed E-state index contributed by atoms with van der Waals surface area (Å²) in [7, 11) is 0. The average Bonchev–Trinajstić information content (AvgIpc) is 2.89. The minimum Gasteiger partial charge on any atom is -0.481 e. The van der Waals surface area contributed by atoms with Crippen molar-refractivity contribution in [2.75, 3.05) is 0 Å². The molecule has 0 saturated carbocycles. The van der Waals surface area contributed by atoms with Gasteiger partial charge in [0.05, 0.1) is 6.42 Å². The Morgan fingerprint density at radius 3 is 1.42 bits per heavy atom. The Hall–Kier alpha value is -1.32. The van der Waals surface area contributed by atoms with E-state index in [9.17, 15) is 14.7 Å². The van der Waals surface area contributed by atoms with Crippen LogP contribution in [0.4, 0.5) is 0 Å². The standard InChI is InChI=1S/C34H64O4/c1-3-5-7-9-11-13-14-15-16-17-18-19-20-22-24-26-28-30-34(37)38-32(31-33(35)36)29-27-25-23-21-12-10-8-6-4-2/h15-16,32H,3-14,17-31H2,1-2H3,(H,35,36)/b16-15-. The van der Waals surface area contributed by atoms with Crippen LogP contribution in [0, 0.1) is 0 Å². The van der Waals surface area contributed by atoms with Crippen LogP contribution >= 0.6 is 0 Å². The van der Waals surface area contributed by atoms with E-state index in [0.29, 0.717) is 12.8 Å². The fourth-order valence-electron chi connectivity index (χ4n) is 5.02. The van der Waals surface area contributed by atoms with Gasteiger partial charge in [-0.2, -0.15) is 0 Å². The largest absolute Gasteiger partial charge is 0.481 e. The molecule has 0 aliphatic carbocycles. The molecule has 0 aliphatic rings. The third-order valence-corrected chi connectivity index (χ3v) is 7.47. The van der Waals surface area contributed by atoms with Crippen molar-refractivity contribution < 1.29 is 19.4 Å². The van der Waals surface area contributed by atoms with Crippen LogP contribution in [0.3, 0.4) is 0 Å². The second kappa shape index (κ2) is 30.2. The minimum absolute atomic E-state index is 0.0724. The van der Waals surface area contributed by atoms with Gasteiger partial charge in [-0.1, -0.05) is 142 Å². The van der Waals surface area contributed by atoms with Crippen molar-refractivity contribution in [2.45, 2.75) is 193 Å². The molecule has 0 heterocycles. The summed E-state index contributed by atoms with van der Waals surface area (Å²) in [6.45, 7) is 4.50. The summed E-state index contributed by atoms with van der Waals surface area (Å²) in [6, 6.07) is 0. The predicted octanol–water partition coefficient (Wildman–Crippen LogP) is 11.1. The third kappa shape index (κ3) is 29.2. The van der Waals surface area contributed by atoms with Crippen LogP contribution in [0.1, 0.15) is 187 Å². The number of carboxylic acids is 1. The van der Waals surface area contributed by atoms with Gasteiger partial charge in [-0.15, -0.1) is 0 Å². The summed E-state index contributed by atoms with van der Waals surface area (Å²) >= 11 is 0. The van der Waals surface area contributed by atoms with E-state index in [0.717, 1.165) is 32.1 Å². The van der Waals surface area contributed by atoms with Gasteiger partial charge in [0.15, 0.2) is 0 Å². The Morgan fingerprint density at radius 1 is 0.579 bits per heavy atom. The molecule has 0 amide bonds. The number of allylic oxidation sites excluding steroid dienone is 2. The van der Waals surface area contributed by atoms with Crippen LogP contribution < -0.4 is 0 Å². The van der Waals surface area contributed by atoms with E-state index >= 15 is 0 Å². The predicted molar refractivity (Wildman–Crippen MR) is 163 cm³/mol. The van der Waals surface area contributed by atoms with Gasteiger partial charge in [0.2, 0.25) is 0 Å². The monoisotopic (exact) mass is 536 g/mol. The molecule has 0 spiro atoms. The van der Waals surface area contributed by atoms with Gasteiger partial charge in [0, 0.05) is 6.42 Å². The van der Waals surface area contributed by atoms with Gasteiger partial charge >= 0.3 is 11.9 Å². The molecule has 38 heavy (non-hydrogen) atoms. The maximum Gasteiger partial charge on any atom is 0.307 e. The molecule has 0 aliphatic heterocycles. The van der Waals surface area contributed by atoms with Crippen LogP contribution in [0.15, 0.2) is 12.2 Å². The maximum atomic E-state index is 12.2. The second-order valence-corrected chi connectivity index (χ2v) is 11.4. The van der Waals surface area contributed by atoms with Gasteiger partial charge < -0.3 is 9.84 Å². The van der Waals surface area contributed by atoms with Crippen molar-refractivity contribution in [1.82, 2.24) is 0 Å². The highest BCUT2D eigenvalue weighted by Gasteiger charge is 2.17. The number of esters is 1. The molecular formula is C34H64O4. The summed E-state index contributed by atoms with van der Waals surface area (Å²) in [6.07, 6.45) is 35.1. The Kier molecular flexibility index (Phi) is 29.2. The second-order valence-electron chi connectivity index (χ2n) is 11.4. The van der Waals surface area contributed by atoms with Gasteiger partial charge in [-0.05, 0) is 44.9 Å². The molecule has 4 heteroatoms. The lowest BCUT2D eigenvalue weighted by Gasteiger charge is -2.16. The van der Waals surface area contributed by atoms with Crippen molar-refractivity contribution in [3.63, 3.8) is 0 Å². The molecule has 0 aromatic carbocycles. The van der Waals surface area contributed by atoms with Crippen molar-refractivity contribution in [3.8, 4) is 0 Å². The Labute approximate surface area is 236 Å². The van der Waals surface area contributed by atoms with E-state index < -0.39 is 12.1 Å². The van der Waals surface area contributed by atoms with Crippen molar-refractivity contribution >= 4 is 11.9 Å². The minimum atomic E-state index is -0.882. The summed E-state index contributed by atoms with van der Waals surface area (Å²) in [5.74, 6) is -1.10. The van der Waals surface area contributed by atoms with Crippen LogP contribution in [-0.4, -0.2) is 23.1 Å². The number of carbonyl (C=O) groups is 2. The summed E-state index contributed by atoms with van der Waals surface area (Å²) in [5, 5.41) is 9.18. The summed E-state index contributed by atoms with van der Waals surface area (Å²) < 4.78 is 5.54. The van der Waals surface area contributed by atoms with E-state index in [1.165, 1.54) is 122 Å². The summed E-state index contributed by atoms with van der Waals surface area (Å²) in [4.78, 5) is 23.4. The molecule has 0 saturated heterocycles. The lowest BCUT2D eigenvalue weighted by Crippen LogP contribution is -2.21. The molecule has 1 atom stereocenters. The zero-order valence-electron chi connectivity index (χ0n) is 25.5. The first-order valence-electron chi connectivity index (χ1n) is 16.7. The number of unbranched alkanes of at least 4 members (excludes halogenated alkanes) is 21. The quantitative estimate of drug-likeness (QED) is 0.0563. The normalized spacial score (nSPS) is 12.3. The molecule has 0 aromatic rings. The zero-order valence-corrected chi connectivity index (χ0v) is 25.5. The Balaban J connectivity index is 3.64. The molecule has 0 radical (unpaired) electrons. The van der Waals surface area contributed by atoms with Crippen molar-refractivity contribution in [1.29, 1.82) is 0 Å². The molecule has 0 fully saturated rings. The van der Waals surface area contributed by atoms with Gasteiger partial charge in [-0.25, -0.2) is 0 Å². The highest BCUT2D eigenvalue weighted by atomic mass is 16.5. The van der Waals surface area contributed by atoms with Crippen LogP contribution in [-0.2, 0) is 14.3 Å². The number of hydrogen-bond donors (Lipinski definition) is 1. The number of carboxylic acid groups (broad SMARTS) is 1. The van der Waals surface area contributed by atoms with E-state index in [1.807, 2.05) is 0 Å². The van der Waals surface area contributed by atoms with Crippen LogP contribution in [0.2, 0.25) is 0 Å². The first-order valence-corrected chi connectivity index (χ1v) is 16.7. The number of aliphatic carboxylic acids is 1. The molecule has 1 N–H and O–H groups in total. The Morgan fingerprint density at radius 2 is 0.974 bits per heavy atom. The van der Waals surface area contributed by atoms with Gasteiger partial charge in [0.1, 0.15) is 6.10 Å². The van der Waals surface area contributed by atoms with Gasteiger partial charge in [-0.3, -0.25) is 9.59 Å². The maximum absolute atomic E-state index is 12.2. The van der Waals surface area contributed by atoms with E-state index in [1.54, 1.807) is 0 Å². The molecule has 0 aromatic heterocycles. The Bertz CT molecular complexity index is 543. The van der Waals surface area contributed by atoms with E-state index in [-0.39, 0.29) is 12.4 Å². The van der Waals surface area contributed by atoms with Crippen molar-refractivity contribution in [2.24, 2.45) is 0 Å². The topological polar surface area (TPSA) is 63.6 Å². The first-order chi connectivity index (χ1) is 18.6. The fourth-order valence-corrected chi connectivity index (χ4v) is 5.02. The molecule has 0 rings (SSSR count). The SMILES string of the molecule is CCCCCCCC/C=C\CCCCCCCCCC(=O)OC(CCCCCCCCCCC)CC(=O)O. The van der Waals surface area contributed by atoms with Crippen molar-refractivity contribution in [3.05, 3.63) is 12.2 Å². The fraction of sp³-hybridized carbons (Fsp3) is 0.882.